The number of carboxylic acids is 1. The number of aromatic hydroxyl groups is 1. The maximum Gasteiger partial charge on any atom is 0.326 e. The molecular weight excluding hydrogens is 851 g/mol. The van der Waals surface area contributed by atoms with Crippen LogP contribution in [0.1, 0.15) is 76.8 Å². The van der Waals surface area contributed by atoms with Crippen LogP contribution in [0, 0.1) is 5.92 Å². The quantitative estimate of drug-likeness (QED) is 0.110. The number of likely N-dealkylation sites (N-methyl/N-ethyl adjacent to an activating group) is 1. The van der Waals surface area contributed by atoms with Gasteiger partial charge in [-0.25, -0.2) is 9.59 Å². The summed E-state index contributed by atoms with van der Waals surface area (Å²) in [5.74, 6) is -6.22. The van der Waals surface area contributed by atoms with Crippen LogP contribution in [0.25, 0.3) is 0 Å². The average Bonchev–Trinajstić information content (AvgIpc) is 3.26. The highest BCUT2D eigenvalue weighted by molar-refractivity contribution is 7.84. The van der Waals surface area contributed by atoms with Crippen LogP contribution >= 0.6 is 0 Å². The number of phenols is 1. The van der Waals surface area contributed by atoms with Gasteiger partial charge in [-0.2, -0.15) is 0 Å². The lowest BCUT2D eigenvalue weighted by Gasteiger charge is -2.32. The molecule has 0 saturated carbocycles. The van der Waals surface area contributed by atoms with Crippen LogP contribution in [-0.4, -0.2) is 135 Å². The van der Waals surface area contributed by atoms with E-state index < -0.39 is 107 Å². The fraction of sp³-hybridized carbons (Fsp3) is 0.545. The Kier molecular flexibility index (Phi) is 21.7. The molecule has 8 N–H and O–H groups in total. The van der Waals surface area contributed by atoms with Gasteiger partial charge in [0.25, 0.3) is 0 Å². The Morgan fingerprint density at radius 1 is 0.844 bits per heavy atom. The summed E-state index contributed by atoms with van der Waals surface area (Å²) in [6, 6.07) is 6.56. The number of aryl methyl sites for hydroxylation is 2. The average molecular weight is 914 g/mol. The van der Waals surface area contributed by atoms with Crippen molar-refractivity contribution in [2.75, 3.05) is 32.2 Å². The van der Waals surface area contributed by atoms with Crippen LogP contribution in [0.5, 0.6) is 5.75 Å². The number of nitrogens with zero attached hydrogens (tertiary/aromatic N) is 1. The van der Waals surface area contributed by atoms with E-state index in [4.69, 9.17) is 4.74 Å². The lowest BCUT2D eigenvalue weighted by Crippen LogP contribution is -2.60. The van der Waals surface area contributed by atoms with Crippen molar-refractivity contribution in [1.82, 2.24) is 36.8 Å². The molecule has 7 amide bonds. The Morgan fingerprint density at radius 2 is 1.47 bits per heavy atom. The third-order valence-corrected chi connectivity index (χ3v) is 11.8. The fourth-order valence-electron chi connectivity index (χ4n) is 6.93. The van der Waals surface area contributed by atoms with Gasteiger partial charge in [0.15, 0.2) is 0 Å². The number of carboxylic acid groups (broad SMARTS) is 1. The van der Waals surface area contributed by atoms with Crippen LogP contribution in [0.15, 0.2) is 54.6 Å². The third kappa shape index (κ3) is 17.6. The Morgan fingerprint density at radius 3 is 2.09 bits per heavy atom. The van der Waals surface area contributed by atoms with Gasteiger partial charge in [-0.1, -0.05) is 62.7 Å². The number of urea groups is 1. The van der Waals surface area contributed by atoms with Crippen molar-refractivity contribution >= 4 is 58.3 Å². The van der Waals surface area contributed by atoms with Gasteiger partial charge < -0.3 is 51.8 Å². The molecule has 20 heteroatoms. The Hall–Kier alpha value is -6.05. The molecule has 2 aromatic rings. The summed E-state index contributed by atoms with van der Waals surface area (Å²) in [4.78, 5) is 109. The van der Waals surface area contributed by atoms with Crippen molar-refractivity contribution in [3.8, 4) is 5.75 Å². The highest BCUT2D eigenvalue weighted by atomic mass is 32.2. The summed E-state index contributed by atoms with van der Waals surface area (Å²) in [7, 11) is -0.0367. The largest absolute Gasteiger partial charge is 0.508 e. The summed E-state index contributed by atoms with van der Waals surface area (Å²) in [5, 5.41) is 35.3. The van der Waals surface area contributed by atoms with Crippen molar-refractivity contribution in [1.29, 1.82) is 0 Å². The molecule has 64 heavy (non-hydrogen) atoms. The summed E-state index contributed by atoms with van der Waals surface area (Å²) < 4.78 is 17.5. The van der Waals surface area contributed by atoms with Gasteiger partial charge in [0.1, 0.15) is 48.6 Å². The molecule has 0 radical (unpaired) electrons. The van der Waals surface area contributed by atoms with Crippen molar-refractivity contribution < 1.29 is 57.5 Å². The molecule has 0 aromatic heterocycles. The zero-order valence-electron chi connectivity index (χ0n) is 37.1. The first-order valence-corrected chi connectivity index (χ1v) is 23.1. The molecule has 1 aliphatic rings. The van der Waals surface area contributed by atoms with Gasteiger partial charge in [-0.05, 0) is 80.5 Å². The van der Waals surface area contributed by atoms with Crippen molar-refractivity contribution in [2.24, 2.45) is 5.92 Å². The van der Waals surface area contributed by atoms with Crippen molar-refractivity contribution in [3.63, 3.8) is 0 Å². The molecule has 0 aliphatic carbocycles. The van der Waals surface area contributed by atoms with E-state index in [0.717, 1.165) is 23.0 Å². The number of rotatable bonds is 16. The Labute approximate surface area is 376 Å². The fourth-order valence-corrected chi connectivity index (χ4v) is 7.50. The van der Waals surface area contributed by atoms with E-state index in [2.05, 4.69) is 31.9 Å². The number of nitrogens with one attached hydrogen (secondary N) is 6. The van der Waals surface area contributed by atoms with Gasteiger partial charge in [0, 0.05) is 43.3 Å². The second-order valence-electron chi connectivity index (χ2n) is 15.9. The molecule has 8 unspecified atom stereocenters. The van der Waals surface area contributed by atoms with E-state index in [0.29, 0.717) is 12.8 Å². The summed E-state index contributed by atoms with van der Waals surface area (Å²) in [6.45, 7) is 4.02. The van der Waals surface area contributed by atoms with E-state index >= 15 is 0 Å². The number of carbonyl (C=O) groups is 8. The topological polar surface area (TPSA) is 279 Å². The highest BCUT2D eigenvalue weighted by Gasteiger charge is 2.36. The van der Waals surface area contributed by atoms with Crippen molar-refractivity contribution in [3.05, 3.63) is 65.7 Å². The maximum absolute atomic E-state index is 14.7. The normalized spacial score (nSPS) is 22.1. The molecule has 3 rings (SSSR count). The first-order chi connectivity index (χ1) is 30.4. The van der Waals surface area contributed by atoms with Crippen LogP contribution < -0.4 is 31.9 Å². The number of amides is 7. The third-order valence-electron chi connectivity index (χ3n) is 11.0. The number of phenolic OH excluding ortho intramolecular Hbond substituents is 1. The predicted molar refractivity (Wildman–Crippen MR) is 237 cm³/mol. The molecule has 0 bridgehead atoms. The molecule has 0 spiro atoms. The van der Waals surface area contributed by atoms with Crippen LogP contribution in [-0.2, 0) is 61.9 Å². The smallest absolute Gasteiger partial charge is 0.326 e. The van der Waals surface area contributed by atoms with E-state index in [1.165, 1.54) is 25.4 Å². The second kappa shape index (κ2) is 26.5. The minimum absolute atomic E-state index is 0.0139. The van der Waals surface area contributed by atoms with Gasteiger partial charge in [-0.3, -0.25) is 33.0 Å². The SMILES string of the molecule is CCC(C)C(NC(=O)NC1CCCCNC(=O)C(COC(C)=O)NC(=O)C(CCc2ccc(O)cc2)N(C)C(=O)C(CCc2ccccc2)NC(=O)C(CCS(C)=O)NC1=O)C(=O)O. The molecule has 1 fully saturated rings. The lowest BCUT2D eigenvalue weighted by atomic mass is 9.99. The van der Waals surface area contributed by atoms with Crippen LogP contribution in [0.2, 0.25) is 0 Å². The zero-order valence-corrected chi connectivity index (χ0v) is 37.9. The minimum atomic E-state index is -1.42. The van der Waals surface area contributed by atoms with Gasteiger partial charge in [0.05, 0.1) is 0 Å². The highest BCUT2D eigenvalue weighted by Crippen LogP contribution is 2.17. The summed E-state index contributed by atoms with van der Waals surface area (Å²) in [5.41, 5.74) is 1.56. The van der Waals surface area contributed by atoms with Gasteiger partial charge >= 0.3 is 18.0 Å². The predicted octanol–water partition coefficient (Wildman–Crippen LogP) is 1.04. The van der Waals surface area contributed by atoms with E-state index in [-0.39, 0.29) is 63.0 Å². The van der Waals surface area contributed by atoms with E-state index in [1.807, 2.05) is 30.3 Å². The number of hydrogen-bond donors (Lipinski definition) is 8. The van der Waals surface area contributed by atoms with Gasteiger partial charge in [-0.15, -0.1) is 0 Å². The van der Waals surface area contributed by atoms with Gasteiger partial charge in [0.2, 0.25) is 29.5 Å². The molecule has 352 valence electrons. The molecule has 1 saturated heterocycles. The molecular formula is C44H63N7O12S. The number of carbonyl (C=O) groups excluding carboxylic acids is 7. The number of benzene rings is 2. The Balaban J connectivity index is 2.09. The maximum atomic E-state index is 14.7. The lowest BCUT2D eigenvalue weighted by molar-refractivity contribution is -0.146. The summed E-state index contributed by atoms with van der Waals surface area (Å²) >= 11 is 0. The van der Waals surface area contributed by atoms with Crippen LogP contribution in [0.4, 0.5) is 4.79 Å². The number of aliphatic carboxylic acids is 1. The molecule has 1 aliphatic heterocycles. The zero-order chi connectivity index (χ0) is 47.3. The monoisotopic (exact) mass is 913 g/mol. The van der Waals surface area contributed by atoms with E-state index in [9.17, 15) is 52.8 Å². The molecule has 1 heterocycles. The molecule has 19 nitrogen and oxygen atoms in total. The summed E-state index contributed by atoms with van der Waals surface area (Å²) in [6.07, 6.45) is 2.74. The van der Waals surface area contributed by atoms with Crippen molar-refractivity contribution in [2.45, 2.75) is 115 Å². The molecule has 8 atom stereocenters. The number of esters is 1. The Bertz CT molecular complexity index is 1940. The molecule has 2 aromatic carbocycles. The first-order valence-electron chi connectivity index (χ1n) is 21.4. The van der Waals surface area contributed by atoms with E-state index in [1.54, 1.807) is 26.0 Å². The minimum Gasteiger partial charge on any atom is -0.508 e. The second-order valence-corrected chi connectivity index (χ2v) is 17.5. The number of hydrogen-bond acceptors (Lipinski definition) is 11. The van der Waals surface area contributed by atoms with Crippen LogP contribution in [0.3, 0.4) is 0 Å². The first kappa shape index (κ1) is 52.3. The standard InChI is InChI=1S/C44H63N7O12S/c1-6-27(2)37(43(59)60)50-44(61)49-32-14-10-11-24-45-38(54)35(26-63-28(3)52)48-41(57)36(22-18-30-15-19-31(53)20-16-30)51(4)42(58)34(21-17-29-12-8-7-9-13-29)47-40(56)33(46-39(32)55)23-25-64(5)62/h7-9,12-13,15-16,19-20,27,32-37,53H,6,10-11,14,17-18,21-26H2,1-5H3,(H,45,54)(H,46,55)(H,47,56)(H,48,57)(H,59,60)(H2,49,50,61). The number of ether oxygens (including phenoxy) is 1.